The molecule has 0 atom stereocenters. The summed E-state index contributed by atoms with van der Waals surface area (Å²) in [6.07, 6.45) is 3.56. The lowest BCUT2D eigenvalue weighted by molar-refractivity contribution is 0.149. The molecule has 1 N–H and O–H groups in total. The van der Waals surface area contributed by atoms with Gasteiger partial charge in [0, 0.05) is 49.7 Å². The van der Waals surface area contributed by atoms with Gasteiger partial charge in [0.25, 0.3) is 0 Å². The molecule has 12 heteroatoms. The highest BCUT2D eigenvalue weighted by Gasteiger charge is 2.18. The molecule has 4 aromatic rings. The van der Waals surface area contributed by atoms with Crippen LogP contribution in [0.5, 0.6) is 17.2 Å². The van der Waals surface area contributed by atoms with E-state index in [0.717, 1.165) is 48.6 Å². The number of likely N-dealkylation sites (N-methyl/N-ethyl adjacent to an activating group) is 1. The van der Waals surface area contributed by atoms with Gasteiger partial charge in [-0.25, -0.2) is 9.97 Å². The first-order chi connectivity index (χ1) is 17.5. The van der Waals surface area contributed by atoms with Gasteiger partial charge in [-0.1, -0.05) is 0 Å². The van der Waals surface area contributed by atoms with Crippen molar-refractivity contribution in [3.05, 3.63) is 40.9 Å². The Bertz CT molecular complexity index is 1340. The highest BCUT2D eigenvalue weighted by atomic mass is 35.5. The Kier molecular flexibility index (Phi) is 7.15. The van der Waals surface area contributed by atoms with Crippen LogP contribution in [0.3, 0.4) is 0 Å². The van der Waals surface area contributed by atoms with Gasteiger partial charge in [-0.3, -0.25) is 4.90 Å². The van der Waals surface area contributed by atoms with Crippen molar-refractivity contribution in [3.8, 4) is 22.9 Å². The molecule has 1 fully saturated rings. The van der Waals surface area contributed by atoms with E-state index in [1.54, 1.807) is 39.0 Å². The molecule has 0 radical (unpaired) electrons. The van der Waals surface area contributed by atoms with E-state index in [1.165, 1.54) is 4.88 Å². The van der Waals surface area contributed by atoms with Crippen molar-refractivity contribution in [2.75, 3.05) is 59.9 Å². The van der Waals surface area contributed by atoms with E-state index in [9.17, 15) is 0 Å². The molecule has 190 valence electrons. The molecule has 0 aliphatic carbocycles. The summed E-state index contributed by atoms with van der Waals surface area (Å²) in [6.45, 7) is 5.17. The first kappa shape index (κ1) is 24.6. The lowest BCUT2D eigenvalue weighted by Gasteiger charge is -2.31. The number of halogens is 1. The number of thiophene rings is 1. The highest BCUT2D eigenvalue weighted by Crippen LogP contribution is 2.39. The standard InChI is InChI=1S/C24H28ClN7O3S/c1-30-5-7-31(8-6-30)12-16-11-17-22(28-24(25)29-23(17)36-16)27-20-13-32(14-26-20)15-9-18(33-2)21(35-4)19(10-15)34-3/h9-11,13-14H,5-8,12H2,1-4H3,(H,27,28,29). The number of imidazole rings is 1. The minimum atomic E-state index is 0.196. The van der Waals surface area contributed by atoms with E-state index in [1.807, 2.05) is 22.9 Å². The van der Waals surface area contributed by atoms with Crippen LogP contribution in [0.4, 0.5) is 11.6 Å². The third kappa shape index (κ3) is 5.05. The molecule has 0 saturated carbocycles. The molecule has 4 heterocycles. The zero-order valence-corrected chi connectivity index (χ0v) is 22.2. The Labute approximate surface area is 218 Å². The second-order valence-electron chi connectivity index (χ2n) is 8.53. The molecule has 0 spiro atoms. The average Bonchev–Trinajstić information content (AvgIpc) is 3.51. The number of fused-ring (bicyclic) bond motifs is 1. The largest absolute Gasteiger partial charge is 0.493 e. The topological polar surface area (TPSA) is 89.8 Å². The number of nitrogens with zero attached hydrogens (tertiary/aromatic N) is 6. The fraction of sp³-hybridized carbons (Fsp3) is 0.375. The van der Waals surface area contributed by atoms with E-state index in [2.05, 4.69) is 43.2 Å². The molecule has 1 aromatic carbocycles. The minimum absolute atomic E-state index is 0.196. The smallest absolute Gasteiger partial charge is 0.225 e. The van der Waals surface area contributed by atoms with E-state index in [-0.39, 0.29) is 5.28 Å². The van der Waals surface area contributed by atoms with Crippen LogP contribution < -0.4 is 19.5 Å². The van der Waals surface area contributed by atoms with E-state index >= 15 is 0 Å². The SMILES string of the molecule is COc1cc(-n2cnc(Nc3nc(Cl)nc4sc(CN5CCN(C)CC5)cc34)c2)cc(OC)c1OC. The summed E-state index contributed by atoms with van der Waals surface area (Å²) >= 11 is 7.92. The van der Waals surface area contributed by atoms with Crippen LogP contribution in [0.25, 0.3) is 15.9 Å². The molecule has 1 aliphatic heterocycles. The van der Waals surface area contributed by atoms with E-state index in [4.69, 9.17) is 25.8 Å². The number of methoxy groups -OCH3 is 3. The zero-order chi connectivity index (χ0) is 25.2. The van der Waals surface area contributed by atoms with E-state index < -0.39 is 0 Å². The van der Waals surface area contributed by atoms with Crippen molar-refractivity contribution < 1.29 is 14.2 Å². The summed E-state index contributed by atoms with van der Waals surface area (Å²) in [7, 11) is 6.92. The van der Waals surface area contributed by atoms with E-state index in [0.29, 0.717) is 28.9 Å². The quantitative estimate of drug-likeness (QED) is 0.339. The van der Waals surface area contributed by atoms with Gasteiger partial charge in [-0.15, -0.1) is 11.3 Å². The van der Waals surface area contributed by atoms with Crippen molar-refractivity contribution >= 4 is 44.8 Å². The number of aromatic nitrogens is 4. The summed E-state index contributed by atoms with van der Waals surface area (Å²) < 4.78 is 18.2. The lowest BCUT2D eigenvalue weighted by Crippen LogP contribution is -2.43. The fourth-order valence-electron chi connectivity index (χ4n) is 4.21. The number of hydrogen-bond acceptors (Lipinski definition) is 10. The lowest BCUT2D eigenvalue weighted by atomic mass is 10.2. The van der Waals surface area contributed by atoms with Gasteiger partial charge in [0.15, 0.2) is 11.5 Å². The van der Waals surface area contributed by atoms with Gasteiger partial charge >= 0.3 is 0 Å². The molecule has 0 unspecified atom stereocenters. The molecule has 3 aromatic heterocycles. The maximum atomic E-state index is 6.27. The number of hydrogen-bond donors (Lipinski definition) is 1. The van der Waals surface area contributed by atoms with Crippen LogP contribution in [0.1, 0.15) is 4.88 Å². The molecular formula is C24H28ClN7O3S. The highest BCUT2D eigenvalue weighted by molar-refractivity contribution is 7.18. The number of nitrogens with one attached hydrogen (secondary N) is 1. The molecule has 0 amide bonds. The second-order valence-corrected chi connectivity index (χ2v) is 9.98. The minimum Gasteiger partial charge on any atom is -0.493 e. The van der Waals surface area contributed by atoms with Crippen molar-refractivity contribution in [1.29, 1.82) is 0 Å². The van der Waals surface area contributed by atoms with Crippen LogP contribution in [-0.2, 0) is 6.54 Å². The fourth-order valence-corrected chi connectivity index (χ4v) is 5.50. The first-order valence-electron chi connectivity index (χ1n) is 11.5. The van der Waals surface area contributed by atoms with Gasteiger partial charge in [-0.05, 0) is 24.7 Å². The Morgan fingerprint density at radius 1 is 1.00 bits per heavy atom. The zero-order valence-electron chi connectivity index (χ0n) is 20.6. The average molecular weight is 530 g/mol. The summed E-state index contributed by atoms with van der Waals surface area (Å²) in [4.78, 5) is 20.3. The number of benzene rings is 1. The maximum Gasteiger partial charge on any atom is 0.225 e. The molecular weight excluding hydrogens is 502 g/mol. The number of piperazine rings is 1. The predicted octanol–water partition coefficient (Wildman–Crippen LogP) is 4.05. The Balaban J connectivity index is 1.40. The van der Waals surface area contributed by atoms with Crippen LogP contribution in [0, 0.1) is 0 Å². The van der Waals surface area contributed by atoms with Gasteiger partial charge in [0.2, 0.25) is 11.0 Å². The summed E-state index contributed by atoms with van der Waals surface area (Å²) in [5.41, 5.74) is 0.806. The Morgan fingerprint density at radius 3 is 2.39 bits per heavy atom. The summed E-state index contributed by atoms with van der Waals surface area (Å²) in [5, 5.41) is 4.44. The van der Waals surface area contributed by atoms with Crippen LogP contribution in [0.15, 0.2) is 30.7 Å². The normalized spacial score (nSPS) is 14.8. The third-order valence-corrected chi connectivity index (χ3v) is 7.35. The number of rotatable bonds is 8. The molecule has 10 nitrogen and oxygen atoms in total. The molecule has 5 rings (SSSR count). The predicted molar refractivity (Wildman–Crippen MR) is 142 cm³/mol. The molecule has 1 saturated heterocycles. The van der Waals surface area contributed by atoms with Crippen molar-refractivity contribution in [2.24, 2.45) is 0 Å². The maximum absolute atomic E-state index is 6.27. The monoisotopic (exact) mass is 529 g/mol. The van der Waals surface area contributed by atoms with Crippen molar-refractivity contribution in [2.45, 2.75) is 6.54 Å². The summed E-state index contributed by atoms with van der Waals surface area (Å²) in [6, 6.07) is 5.86. The van der Waals surface area contributed by atoms with Crippen molar-refractivity contribution in [3.63, 3.8) is 0 Å². The first-order valence-corrected chi connectivity index (χ1v) is 12.6. The molecule has 1 aliphatic rings. The van der Waals surface area contributed by atoms with Crippen molar-refractivity contribution in [1.82, 2.24) is 29.3 Å². The molecule has 36 heavy (non-hydrogen) atoms. The van der Waals surface area contributed by atoms with Gasteiger partial charge < -0.3 is 29.0 Å². The Morgan fingerprint density at radius 2 is 1.72 bits per heavy atom. The van der Waals surface area contributed by atoms with Crippen LogP contribution in [0.2, 0.25) is 5.28 Å². The van der Waals surface area contributed by atoms with Gasteiger partial charge in [0.1, 0.15) is 22.8 Å². The van der Waals surface area contributed by atoms with Crippen LogP contribution >= 0.6 is 22.9 Å². The van der Waals surface area contributed by atoms with Crippen LogP contribution in [-0.4, -0.2) is 83.9 Å². The van der Waals surface area contributed by atoms with Gasteiger partial charge in [-0.2, -0.15) is 4.98 Å². The summed E-state index contributed by atoms with van der Waals surface area (Å²) in [5.74, 6) is 2.90. The van der Waals surface area contributed by atoms with Gasteiger partial charge in [0.05, 0.1) is 38.6 Å². The number of ether oxygens (including phenoxy) is 3. The third-order valence-electron chi connectivity index (χ3n) is 6.17. The molecule has 0 bridgehead atoms. The number of anilines is 2. The Hall–Kier alpha value is -3.12. The second kappa shape index (κ2) is 10.5.